The van der Waals surface area contributed by atoms with Crippen LogP contribution in [-0.2, 0) is 40.4 Å². The van der Waals surface area contributed by atoms with Crippen LogP contribution in [0.25, 0.3) is 0 Å². The van der Waals surface area contributed by atoms with Crippen molar-refractivity contribution in [1.29, 1.82) is 0 Å². The molecule has 1 heterocycles. The summed E-state index contributed by atoms with van der Waals surface area (Å²) < 4.78 is 5.20. The summed E-state index contributed by atoms with van der Waals surface area (Å²) in [7, 11) is 0. The molecule has 0 spiro atoms. The Morgan fingerprint density at radius 2 is 1.48 bits per heavy atom. The zero-order valence-corrected chi connectivity index (χ0v) is 18.1. The van der Waals surface area contributed by atoms with E-state index in [1.54, 1.807) is 11.3 Å². The number of hydroxylamine groups is 2. The van der Waals surface area contributed by atoms with Crippen LogP contribution in [-0.4, -0.2) is 30.7 Å². The molecule has 0 atom stereocenters. The van der Waals surface area contributed by atoms with E-state index in [-0.39, 0.29) is 6.61 Å². The predicted molar refractivity (Wildman–Crippen MR) is 120 cm³/mol. The summed E-state index contributed by atoms with van der Waals surface area (Å²) in [4.78, 5) is 31.0. The van der Waals surface area contributed by atoms with E-state index in [1.165, 1.54) is 9.94 Å². The normalized spacial score (nSPS) is 10.5. The SMILES string of the molecule is O=CN(CCc1ccc(CCNC(=O)OCc2ccccc2)s1)OCc1ccccc1. The first-order valence-corrected chi connectivity index (χ1v) is 11.0. The fourth-order valence-corrected chi connectivity index (χ4v) is 3.86. The predicted octanol–water partition coefficient (Wildman–Crippen LogP) is 4.35. The Morgan fingerprint density at radius 3 is 2.13 bits per heavy atom. The number of nitrogens with zero attached hydrogens (tertiary/aromatic N) is 1. The lowest BCUT2D eigenvalue weighted by Gasteiger charge is -2.16. The Bertz CT molecular complexity index is 931. The van der Waals surface area contributed by atoms with Crippen molar-refractivity contribution >= 4 is 23.8 Å². The van der Waals surface area contributed by atoms with Gasteiger partial charge in [-0.3, -0.25) is 9.63 Å². The lowest BCUT2D eigenvalue weighted by atomic mass is 10.2. The van der Waals surface area contributed by atoms with Crippen LogP contribution in [0.4, 0.5) is 4.79 Å². The minimum Gasteiger partial charge on any atom is -0.445 e. The number of ether oxygens (including phenoxy) is 1. The number of carbonyl (C=O) groups is 2. The molecule has 3 aromatic rings. The molecule has 0 unspecified atom stereocenters. The van der Waals surface area contributed by atoms with Crippen LogP contribution in [0.3, 0.4) is 0 Å². The van der Waals surface area contributed by atoms with Gasteiger partial charge < -0.3 is 10.1 Å². The van der Waals surface area contributed by atoms with Crippen LogP contribution in [0.2, 0.25) is 0 Å². The van der Waals surface area contributed by atoms with Crippen LogP contribution >= 0.6 is 11.3 Å². The van der Waals surface area contributed by atoms with Crippen LogP contribution in [0, 0.1) is 0 Å². The summed E-state index contributed by atoms with van der Waals surface area (Å²) >= 11 is 1.67. The van der Waals surface area contributed by atoms with Gasteiger partial charge in [0.05, 0.1) is 6.54 Å². The Morgan fingerprint density at radius 1 is 0.871 bits per heavy atom. The maximum Gasteiger partial charge on any atom is 0.407 e. The van der Waals surface area contributed by atoms with Gasteiger partial charge in [0, 0.05) is 22.7 Å². The standard InChI is InChI=1S/C24H26N2O4S/c27-19-26(30-18-21-9-5-2-6-10-21)16-14-23-12-11-22(31-23)13-15-25-24(28)29-17-20-7-3-1-4-8-20/h1-12,19H,13-18H2,(H,25,28). The molecular weight excluding hydrogens is 412 g/mol. The summed E-state index contributed by atoms with van der Waals surface area (Å²) in [6, 6.07) is 23.4. The third-order valence-corrected chi connectivity index (χ3v) is 5.71. The molecule has 0 saturated carbocycles. The maximum atomic E-state index is 11.8. The van der Waals surface area contributed by atoms with Gasteiger partial charge in [0.1, 0.15) is 13.2 Å². The largest absolute Gasteiger partial charge is 0.445 e. The summed E-state index contributed by atoms with van der Waals surface area (Å²) in [6.45, 7) is 1.62. The van der Waals surface area contributed by atoms with E-state index in [0.717, 1.165) is 22.4 Å². The van der Waals surface area contributed by atoms with Gasteiger partial charge in [0.2, 0.25) is 6.41 Å². The summed E-state index contributed by atoms with van der Waals surface area (Å²) in [5, 5.41) is 4.10. The van der Waals surface area contributed by atoms with Gasteiger partial charge in [-0.1, -0.05) is 60.7 Å². The van der Waals surface area contributed by atoms with Crippen LogP contribution in [0.15, 0.2) is 72.8 Å². The highest BCUT2D eigenvalue weighted by atomic mass is 32.1. The molecule has 162 valence electrons. The number of carbonyl (C=O) groups excluding carboxylic acids is 2. The highest BCUT2D eigenvalue weighted by Gasteiger charge is 2.07. The average molecular weight is 439 g/mol. The maximum absolute atomic E-state index is 11.8. The molecule has 31 heavy (non-hydrogen) atoms. The Labute approximate surface area is 186 Å². The zero-order valence-electron chi connectivity index (χ0n) is 17.2. The van der Waals surface area contributed by atoms with Gasteiger partial charge in [-0.05, 0) is 29.7 Å². The van der Waals surface area contributed by atoms with Gasteiger partial charge in [0.15, 0.2) is 0 Å². The quantitative estimate of drug-likeness (QED) is 0.337. The van der Waals surface area contributed by atoms with Crippen LogP contribution in [0.1, 0.15) is 20.9 Å². The second kappa shape index (κ2) is 12.5. The molecule has 0 saturated heterocycles. The number of hydrogen-bond acceptors (Lipinski definition) is 5. The molecule has 0 fully saturated rings. The monoisotopic (exact) mass is 438 g/mol. The fraction of sp³-hybridized carbons (Fsp3) is 0.250. The second-order valence-electron chi connectivity index (χ2n) is 6.86. The minimum atomic E-state index is -0.419. The number of benzene rings is 2. The minimum absolute atomic E-state index is 0.259. The van der Waals surface area contributed by atoms with Crippen molar-refractivity contribution in [3.63, 3.8) is 0 Å². The molecule has 2 aromatic carbocycles. The van der Waals surface area contributed by atoms with Gasteiger partial charge in [-0.25, -0.2) is 9.86 Å². The van der Waals surface area contributed by atoms with E-state index in [0.29, 0.717) is 32.5 Å². The lowest BCUT2D eigenvalue weighted by molar-refractivity contribution is -0.176. The zero-order chi connectivity index (χ0) is 21.7. The molecule has 7 heteroatoms. The number of rotatable bonds is 12. The Balaban J connectivity index is 1.32. The molecule has 0 radical (unpaired) electrons. The fourth-order valence-electron chi connectivity index (χ4n) is 2.85. The van der Waals surface area contributed by atoms with Crippen molar-refractivity contribution < 1.29 is 19.2 Å². The first-order valence-electron chi connectivity index (χ1n) is 10.1. The number of thiophene rings is 1. The summed E-state index contributed by atoms with van der Waals surface area (Å²) in [6.07, 6.45) is 1.73. The van der Waals surface area contributed by atoms with E-state index in [4.69, 9.17) is 9.57 Å². The Hall–Kier alpha value is -3.16. The number of nitrogens with one attached hydrogen (secondary N) is 1. The van der Waals surface area contributed by atoms with E-state index in [2.05, 4.69) is 5.32 Å². The van der Waals surface area contributed by atoms with Crippen LogP contribution < -0.4 is 5.32 Å². The smallest absolute Gasteiger partial charge is 0.407 e. The van der Waals surface area contributed by atoms with Crippen molar-refractivity contribution in [1.82, 2.24) is 10.4 Å². The van der Waals surface area contributed by atoms with Crippen molar-refractivity contribution in [2.75, 3.05) is 13.1 Å². The molecule has 2 amide bonds. The van der Waals surface area contributed by atoms with E-state index < -0.39 is 6.09 Å². The van der Waals surface area contributed by atoms with E-state index in [9.17, 15) is 9.59 Å². The molecule has 6 nitrogen and oxygen atoms in total. The van der Waals surface area contributed by atoms with Gasteiger partial charge >= 0.3 is 6.09 Å². The third-order valence-electron chi connectivity index (χ3n) is 4.51. The number of hydrogen-bond donors (Lipinski definition) is 1. The molecular formula is C24H26N2O4S. The number of amides is 2. The van der Waals surface area contributed by atoms with Crippen molar-refractivity contribution in [2.45, 2.75) is 26.1 Å². The van der Waals surface area contributed by atoms with Gasteiger partial charge in [-0.15, -0.1) is 11.3 Å². The topological polar surface area (TPSA) is 67.9 Å². The molecule has 1 N–H and O–H groups in total. The highest BCUT2D eigenvalue weighted by Crippen LogP contribution is 2.18. The third kappa shape index (κ3) is 8.24. The van der Waals surface area contributed by atoms with E-state index >= 15 is 0 Å². The highest BCUT2D eigenvalue weighted by molar-refractivity contribution is 7.12. The van der Waals surface area contributed by atoms with Gasteiger partial charge in [0.25, 0.3) is 0 Å². The molecule has 0 bridgehead atoms. The molecule has 0 aliphatic rings. The molecule has 1 aromatic heterocycles. The average Bonchev–Trinajstić information content (AvgIpc) is 3.27. The molecule has 3 rings (SSSR count). The summed E-state index contributed by atoms with van der Waals surface area (Å²) in [5.74, 6) is 0. The molecule has 0 aliphatic heterocycles. The lowest BCUT2D eigenvalue weighted by Crippen LogP contribution is -2.26. The first-order chi connectivity index (χ1) is 15.2. The molecule has 0 aliphatic carbocycles. The van der Waals surface area contributed by atoms with Crippen LogP contribution in [0.5, 0.6) is 0 Å². The van der Waals surface area contributed by atoms with Crippen molar-refractivity contribution in [2.24, 2.45) is 0 Å². The Kier molecular flexibility index (Phi) is 9.09. The first kappa shape index (κ1) is 22.5. The summed E-state index contributed by atoms with van der Waals surface area (Å²) in [5.41, 5.74) is 1.97. The number of alkyl carbamates (subject to hydrolysis) is 1. The van der Waals surface area contributed by atoms with E-state index in [1.807, 2.05) is 72.8 Å². The van der Waals surface area contributed by atoms with Gasteiger partial charge in [-0.2, -0.15) is 0 Å². The van der Waals surface area contributed by atoms with Crippen molar-refractivity contribution in [3.05, 3.63) is 93.7 Å². The second-order valence-corrected chi connectivity index (χ2v) is 8.11. The van der Waals surface area contributed by atoms with Crippen molar-refractivity contribution in [3.8, 4) is 0 Å².